The van der Waals surface area contributed by atoms with Crippen molar-refractivity contribution in [2.45, 2.75) is 19.4 Å². The topological polar surface area (TPSA) is 20.2 Å². The Kier molecular flexibility index (Phi) is 4.65. The molecule has 0 saturated heterocycles. The molecule has 1 unspecified atom stereocenters. The summed E-state index contributed by atoms with van der Waals surface area (Å²) in [6.45, 7) is 2.10. The Balaban J connectivity index is 2.34. The summed E-state index contributed by atoms with van der Waals surface area (Å²) in [6.07, 6.45) is 0.347. The van der Waals surface area contributed by atoms with E-state index in [2.05, 4.69) is 35.6 Å². The van der Waals surface area contributed by atoms with Crippen molar-refractivity contribution in [2.24, 2.45) is 0 Å². The minimum atomic E-state index is -0.619. The van der Waals surface area contributed by atoms with Gasteiger partial charge in [-0.05, 0) is 57.8 Å². The normalized spacial score (nSPS) is 12.4. The number of hydrogen-bond acceptors (Lipinski definition) is 1. The van der Waals surface area contributed by atoms with Crippen molar-refractivity contribution in [3.05, 3.63) is 67.7 Å². The van der Waals surface area contributed by atoms with Gasteiger partial charge in [0.15, 0.2) is 0 Å². The van der Waals surface area contributed by atoms with E-state index in [1.807, 2.05) is 36.4 Å². The summed E-state index contributed by atoms with van der Waals surface area (Å²) in [5, 5.41) is 11.0. The third kappa shape index (κ3) is 3.05. The van der Waals surface area contributed by atoms with E-state index < -0.39 is 6.10 Å². The number of benzene rings is 2. The fourth-order valence-corrected chi connectivity index (χ4v) is 2.38. The Morgan fingerprint density at radius 3 is 2.56 bits per heavy atom. The lowest BCUT2D eigenvalue weighted by atomic mass is 9.99. The van der Waals surface area contributed by atoms with Crippen LogP contribution in [0.25, 0.3) is 0 Å². The first-order valence-electron chi connectivity index (χ1n) is 5.83. The number of halogens is 2. The van der Waals surface area contributed by atoms with E-state index in [1.54, 1.807) is 0 Å². The van der Waals surface area contributed by atoms with Crippen LogP contribution >= 0.6 is 34.2 Å². The third-order valence-corrected chi connectivity index (χ3v) is 4.51. The van der Waals surface area contributed by atoms with Crippen LogP contribution in [0.15, 0.2) is 42.5 Å². The third-order valence-electron chi connectivity index (χ3n) is 2.93. The standard InChI is InChI=1S/C15H14ClIO/c1-2-10-4-3-5-11(8-10)15(18)12-6-7-14(17)13(16)9-12/h3-9,15,18H,2H2,1H3. The highest BCUT2D eigenvalue weighted by Gasteiger charge is 2.12. The van der Waals surface area contributed by atoms with E-state index in [0.717, 1.165) is 21.1 Å². The number of aliphatic hydroxyl groups excluding tert-OH is 1. The highest BCUT2D eigenvalue weighted by atomic mass is 127. The maximum Gasteiger partial charge on any atom is 0.104 e. The number of aryl methyl sites for hydroxylation is 1. The first kappa shape index (κ1) is 13.8. The molecule has 0 saturated carbocycles. The molecule has 2 aromatic rings. The van der Waals surface area contributed by atoms with Crippen LogP contribution in [0.4, 0.5) is 0 Å². The van der Waals surface area contributed by atoms with Gasteiger partial charge in [-0.25, -0.2) is 0 Å². The van der Waals surface area contributed by atoms with Gasteiger partial charge < -0.3 is 5.11 Å². The van der Waals surface area contributed by atoms with E-state index in [4.69, 9.17) is 11.6 Å². The summed E-state index contributed by atoms with van der Waals surface area (Å²) in [5.74, 6) is 0. The molecule has 0 fully saturated rings. The average Bonchev–Trinajstić information content (AvgIpc) is 2.41. The molecule has 0 radical (unpaired) electrons. The summed E-state index contributed by atoms with van der Waals surface area (Å²) < 4.78 is 0.993. The van der Waals surface area contributed by atoms with Crippen LogP contribution in [0.3, 0.4) is 0 Å². The Hall–Kier alpha value is -0.580. The van der Waals surface area contributed by atoms with Gasteiger partial charge in [-0.15, -0.1) is 0 Å². The van der Waals surface area contributed by atoms with Gasteiger partial charge in [-0.3, -0.25) is 0 Å². The lowest BCUT2D eigenvalue weighted by Gasteiger charge is -2.13. The van der Waals surface area contributed by atoms with Gasteiger partial charge in [0, 0.05) is 3.57 Å². The molecule has 3 heteroatoms. The summed E-state index contributed by atoms with van der Waals surface area (Å²) in [6, 6.07) is 13.7. The summed E-state index contributed by atoms with van der Waals surface area (Å²) >= 11 is 8.26. The van der Waals surface area contributed by atoms with Crippen LogP contribution in [0, 0.1) is 3.57 Å². The van der Waals surface area contributed by atoms with E-state index >= 15 is 0 Å². The Labute approximate surface area is 126 Å². The first-order chi connectivity index (χ1) is 8.61. The minimum absolute atomic E-state index is 0.619. The van der Waals surface area contributed by atoms with E-state index in [0.29, 0.717) is 5.02 Å². The molecule has 0 aliphatic carbocycles. The Morgan fingerprint density at radius 1 is 1.17 bits per heavy atom. The van der Waals surface area contributed by atoms with Crippen molar-refractivity contribution in [2.75, 3.05) is 0 Å². The first-order valence-corrected chi connectivity index (χ1v) is 7.29. The Bertz CT molecular complexity index is 554. The molecule has 0 aliphatic rings. The fourth-order valence-electron chi connectivity index (χ4n) is 1.86. The Morgan fingerprint density at radius 2 is 1.89 bits per heavy atom. The van der Waals surface area contributed by atoms with Crippen molar-refractivity contribution in [3.63, 3.8) is 0 Å². The predicted molar refractivity (Wildman–Crippen MR) is 84.1 cm³/mol. The molecule has 0 amide bonds. The SMILES string of the molecule is CCc1cccc(C(O)c2ccc(I)c(Cl)c2)c1. The largest absolute Gasteiger partial charge is 0.384 e. The minimum Gasteiger partial charge on any atom is -0.384 e. The van der Waals surface area contributed by atoms with Crippen molar-refractivity contribution >= 4 is 34.2 Å². The monoisotopic (exact) mass is 372 g/mol. The second kappa shape index (κ2) is 6.04. The zero-order chi connectivity index (χ0) is 13.1. The lowest BCUT2D eigenvalue weighted by molar-refractivity contribution is 0.220. The summed E-state index contributed by atoms with van der Waals surface area (Å²) in [7, 11) is 0. The molecule has 0 bridgehead atoms. The van der Waals surface area contributed by atoms with Crippen LogP contribution in [0.5, 0.6) is 0 Å². The number of hydrogen-bond donors (Lipinski definition) is 1. The molecule has 1 nitrogen and oxygen atoms in total. The van der Waals surface area contributed by atoms with E-state index in [9.17, 15) is 5.11 Å². The van der Waals surface area contributed by atoms with Crippen molar-refractivity contribution in [3.8, 4) is 0 Å². The van der Waals surface area contributed by atoms with Gasteiger partial charge in [0.25, 0.3) is 0 Å². The van der Waals surface area contributed by atoms with Crippen LogP contribution in [-0.2, 0) is 6.42 Å². The van der Waals surface area contributed by atoms with Gasteiger partial charge in [0.05, 0.1) is 5.02 Å². The average molecular weight is 373 g/mol. The molecule has 94 valence electrons. The lowest BCUT2D eigenvalue weighted by Crippen LogP contribution is -2.00. The van der Waals surface area contributed by atoms with Gasteiger partial charge in [0.1, 0.15) is 6.10 Å². The summed E-state index contributed by atoms with van der Waals surface area (Å²) in [5.41, 5.74) is 2.96. The maximum absolute atomic E-state index is 10.4. The molecular weight excluding hydrogens is 359 g/mol. The number of rotatable bonds is 3. The highest BCUT2D eigenvalue weighted by Crippen LogP contribution is 2.27. The highest BCUT2D eigenvalue weighted by molar-refractivity contribution is 14.1. The molecule has 0 spiro atoms. The molecular formula is C15H14ClIO. The van der Waals surface area contributed by atoms with Gasteiger partial charge >= 0.3 is 0 Å². The molecule has 2 rings (SSSR count). The van der Waals surface area contributed by atoms with Crippen LogP contribution in [0.1, 0.15) is 29.7 Å². The maximum atomic E-state index is 10.4. The second-order valence-electron chi connectivity index (χ2n) is 4.17. The quantitative estimate of drug-likeness (QED) is 0.781. The molecule has 18 heavy (non-hydrogen) atoms. The van der Waals surface area contributed by atoms with Crippen LogP contribution < -0.4 is 0 Å². The molecule has 0 aromatic heterocycles. The zero-order valence-electron chi connectivity index (χ0n) is 10.0. The van der Waals surface area contributed by atoms with E-state index in [1.165, 1.54) is 5.56 Å². The molecule has 0 heterocycles. The van der Waals surface area contributed by atoms with Gasteiger partial charge in [-0.2, -0.15) is 0 Å². The van der Waals surface area contributed by atoms with Gasteiger partial charge in [0.2, 0.25) is 0 Å². The number of aliphatic hydroxyl groups is 1. The van der Waals surface area contributed by atoms with Crippen molar-refractivity contribution < 1.29 is 5.11 Å². The van der Waals surface area contributed by atoms with Crippen LogP contribution in [0.2, 0.25) is 5.02 Å². The van der Waals surface area contributed by atoms with Crippen LogP contribution in [-0.4, -0.2) is 5.11 Å². The predicted octanol–water partition coefficient (Wildman–Crippen LogP) is 4.59. The summed E-state index contributed by atoms with van der Waals surface area (Å²) in [4.78, 5) is 0. The fraction of sp³-hybridized carbons (Fsp3) is 0.200. The second-order valence-corrected chi connectivity index (χ2v) is 5.74. The van der Waals surface area contributed by atoms with Crippen molar-refractivity contribution in [1.82, 2.24) is 0 Å². The molecule has 1 N–H and O–H groups in total. The molecule has 2 aromatic carbocycles. The van der Waals surface area contributed by atoms with Crippen molar-refractivity contribution in [1.29, 1.82) is 0 Å². The smallest absolute Gasteiger partial charge is 0.104 e. The molecule has 1 atom stereocenters. The van der Waals surface area contributed by atoms with E-state index in [-0.39, 0.29) is 0 Å². The molecule has 0 aliphatic heterocycles. The van der Waals surface area contributed by atoms with Gasteiger partial charge in [-0.1, -0.05) is 48.9 Å². The zero-order valence-corrected chi connectivity index (χ0v) is 12.9.